The quantitative estimate of drug-likeness (QED) is 0.656. The SMILES string of the molecule is CC(NC(=O)c1[nH]ncc1N)C1CC1. The molecule has 0 aromatic carbocycles. The number of nitrogens with one attached hydrogen (secondary N) is 2. The molecule has 0 aliphatic heterocycles. The highest BCUT2D eigenvalue weighted by molar-refractivity contribution is 5.97. The molecule has 76 valence electrons. The standard InChI is InChI=1S/C9H14N4O/c1-5(6-2-3-6)12-9(14)8-7(10)4-11-13-8/h4-6H,2-3,10H2,1H3,(H,11,13)(H,12,14). The molecule has 0 radical (unpaired) electrons. The Morgan fingerprint density at radius 2 is 2.50 bits per heavy atom. The zero-order chi connectivity index (χ0) is 10.1. The van der Waals surface area contributed by atoms with Crippen molar-refractivity contribution in [2.75, 3.05) is 5.73 Å². The maximum absolute atomic E-state index is 11.6. The molecule has 1 aromatic heterocycles. The molecule has 5 heteroatoms. The van der Waals surface area contributed by atoms with E-state index in [1.165, 1.54) is 19.0 Å². The van der Waals surface area contributed by atoms with Crippen molar-refractivity contribution in [1.82, 2.24) is 15.5 Å². The third kappa shape index (κ3) is 1.71. The predicted octanol–water partition coefficient (Wildman–Crippen LogP) is 0.520. The summed E-state index contributed by atoms with van der Waals surface area (Å²) >= 11 is 0. The van der Waals surface area contributed by atoms with E-state index in [0.29, 0.717) is 17.3 Å². The number of nitrogens with two attached hydrogens (primary N) is 1. The first-order chi connectivity index (χ1) is 6.68. The monoisotopic (exact) mass is 194 g/mol. The van der Waals surface area contributed by atoms with Crippen molar-refractivity contribution in [3.8, 4) is 0 Å². The molecule has 4 N–H and O–H groups in total. The molecule has 1 fully saturated rings. The number of rotatable bonds is 3. The number of hydrogen-bond acceptors (Lipinski definition) is 3. The van der Waals surface area contributed by atoms with Crippen LogP contribution in [0.15, 0.2) is 6.20 Å². The van der Waals surface area contributed by atoms with Crippen LogP contribution >= 0.6 is 0 Å². The summed E-state index contributed by atoms with van der Waals surface area (Å²) in [6.07, 6.45) is 3.86. The summed E-state index contributed by atoms with van der Waals surface area (Å²) in [7, 11) is 0. The van der Waals surface area contributed by atoms with Crippen LogP contribution in [0.4, 0.5) is 5.69 Å². The van der Waals surface area contributed by atoms with E-state index in [1.807, 2.05) is 6.92 Å². The molecule has 5 nitrogen and oxygen atoms in total. The van der Waals surface area contributed by atoms with Gasteiger partial charge in [0.2, 0.25) is 0 Å². The van der Waals surface area contributed by atoms with Gasteiger partial charge in [0.1, 0.15) is 5.69 Å². The number of hydrogen-bond donors (Lipinski definition) is 3. The van der Waals surface area contributed by atoms with Crippen molar-refractivity contribution >= 4 is 11.6 Å². The van der Waals surface area contributed by atoms with Crippen LogP contribution in [0.25, 0.3) is 0 Å². The van der Waals surface area contributed by atoms with E-state index in [-0.39, 0.29) is 11.9 Å². The predicted molar refractivity (Wildman–Crippen MR) is 52.7 cm³/mol. The minimum absolute atomic E-state index is 0.167. The molecule has 1 unspecified atom stereocenters. The molecule has 0 bridgehead atoms. The molecule has 0 saturated heterocycles. The topological polar surface area (TPSA) is 83.8 Å². The Balaban J connectivity index is 1.98. The molecule has 1 aliphatic rings. The molecule has 1 aromatic rings. The van der Waals surface area contributed by atoms with Gasteiger partial charge in [-0.15, -0.1) is 0 Å². The fourth-order valence-electron chi connectivity index (χ4n) is 1.47. The number of nitrogens with zero attached hydrogens (tertiary/aromatic N) is 1. The molecule has 14 heavy (non-hydrogen) atoms. The van der Waals surface area contributed by atoms with Gasteiger partial charge in [-0.25, -0.2) is 0 Å². The summed E-state index contributed by atoms with van der Waals surface area (Å²) in [5.74, 6) is 0.475. The third-order valence-corrected chi connectivity index (χ3v) is 2.58. The lowest BCUT2D eigenvalue weighted by Crippen LogP contribution is -2.34. The van der Waals surface area contributed by atoms with Gasteiger partial charge >= 0.3 is 0 Å². The lowest BCUT2D eigenvalue weighted by Gasteiger charge is -2.11. The highest BCUT2D eigenvalue weighted by atomic mass is 16.2. The first kappa shape index (κ1) is 9.05. The molecule has 1 amide bonds. The Bertz CT molecular complexity index is 342. The fourth-order valence-corrected chi connectivity index (χ4v) is 1.47. The lowest BCUT2D eigenvalue weighted by molar-refractivity contribution is 0.0931. The van der Waals surface area contributed by atoms with Crippen LogP contribution in [0.1, 0.15) is 30.3 Å². The molecule has 2 rings (SSSR count). The Morgan fingerprint density at radius 3 is 3.00 bits per heavy atom. The van der Waals surface area contributed by atoms with E-state index in [9.17, 15) is 4.79 Å². The molecule has 1 aliphatic carbocycles. The van der Waals surface area contributed by atoms with Gasteiger partial charge in [0.15, 0.2) is 0 Å². The van der Waals surface area contributed by atoms with Gasteiger partial charge in [-0.05, 0) is 25.7 Å². The van der Waals surface area contributed by atoms with Crippen molar-refractivity contribution in [2.24, 2.45) is 5.92 Å². The van der Waals surface area contributed by atoms with Gasteiger partial charge in [-0.3, -0.25) is 9.89 Å². The lowest BCUT2D eigenvalue weighted by atomic mass is 10.2. The van der Waals surface area contributed by atoms with Gasteiger partial charge in [-0.1, -0.05) is 0 Å². The Hall–Kier alpha value is -1.52. The molecule has 0 spiro atoms. The van der Waals surface area contributed by atoms with Gasteiger partial charge in [0, 0.05) is 6.04 Å². The number of aromatic nitrogens is 2. The van der Waals surface area contributed by atoms with E-state index >= 15 is 0 Å². The van der Waals surface area contributed by atoms with E-state index in [2.05, 4.69) is 15.5 Å². The molecular weight excluding hydrogens is 180 g/mol. The number of carbonyl (C=O) groups excluding carboxylic acids is 1. The van der Waals surface area contributed by atoms with Crippen molar-refractivity contribution in [1.29, 1.82) is 0 Å². The Labute approximate surface area is 82.1 Å². The summed E-state index contributed by atoms with van der Waals surface area (Å²) in [5.41, 5.74) is 6.31. The maximum Gasteiger partial charge on any atom is 0.271 e. The zero-order valence-corrected chi connectivity index (χ0v) is 8.08. The van der Waals surface area contributed by atoms with Crippen LogP contribution in [0.3, 0.4) is 0 Å². The van der Waals surface area contributed by atoms with Crippen molar-refractivity contribution in [2.45, 2.75) is 25.8 Å². The Kier molecular flexibility index (Phi) is 2.15. The smallest absolute Gasteiger partial charge is 0.271 e. The molecule has 1 heterocycles. The number of carbonyl (C=O) groups is 1. The number of anilines is 1. The summed E-state index contributed by atoms with van der Waals surface area (Å²) in [4.78, 5) is 11.6. The van der Waals surface area contributed by atoms with Gasteiger partial charge in [0.25, 0.3) is 5.91 Å². The fraction of sp³-hybridized carbons (Fsp3) is 0.556. The van der Waals surface area contributed by atoms with Crippen LogP contribution in [0.2, 0.25) is 0 Å². The number of H-pyrrole nitrogens is 1. The normalized spacial score (nSPS) is 17.8. The Morgan fingerprint density at radius 1 is 1.79 bits per heavy atom. The summed E-state index contributed by atoms with van der Waals surface area (Å²) in [6, 6.07) is 0.227. The van der Waals surface area contributed by atoms with Crippen molar-refractivity contribution in [3.63, 3.8) is 0 Å². The van der Waals surface area contributed by atoms with Crippen molar-refractivity contribution < 1.29 is 4.79 Å². The second-order valence-corrected chi connectivity index (χ2v) is 3.80. The highest BCUT2D eigenvalue weighted by Crippen LogP contribution is 2.32. The van der Waals surface area contributed by atoms with Gasteiger partial charge in [-0.2, -0.15) is 5.10 Å². The average Bonchev–Trinajstić information content (AvgIpc) is 2.89. The first-order valence-corrected chi connectivity index (χ1v) is 4.78. The second-order valence-electron chi connectivity index (χ2n) is 3.80. The van der Waals surface area contributed by atoms with Crippen molar-refractivity contribution in [3.05, 3.63) is 11.9 Å². The first-order valence-electron chi connectivity index (χ1n) is 4.78. The van der Waals surface area contributed by atoms with Gasteiger partial charge < -0.3 is 11.1 Å². The summed E-state index contributed by atoms with van der Waals surface area (Å²) in [5, 5.41) is 9.18. The van der Waals surface area contributed by atoms with Gasteiger partial charge in [0.05, 0.1) is 11.9 Å². The largest absolute Gasteiger partial charge is 0.396 e. The van der Waals surface area contributed by atoms with Crippen LogP contribution < -0.4 is 11.1 Å². The maximum atomic E-state index is 11.6. The number of aromatic amines is 1. The molecule has 1 saturated carbocycles. The van der Waals surface area contributed by atoms with Crippen LogP contribution in [0, 0.1) is 5.92 Å². The van der Waals surface area contributed by atoms with E-state index in [1.54, 1.807) is 0 Å². The van der Waals surface area contributed by atoms with E-state index in [0.717, 1.165) is 0 Å². The average molecular weight is 194 g/mol. The van der Waals surface area contributed by atoms with Crippen LogP contribution in [0.5, 0.6) is 0 Å². The number of amides is 1. The summed E-state index contributed by atoms with van der Waals surface area (Å²) in [6.45, 7) is 2.02. The van der Waals surface area contributed by atoms with Crippen LogP contribution in [-0.2, 0) is 0 Å². The minimum atomic E-state index is -0.167. The zero-order valence-electron chi connectivity index (χ0n) is 8.08. The summed E-state index contributed by atoms with van der Waals surface area (Å²) < 4.78 is 0. The highest BCUT2D eigenvalue weighted by Gasteiger charge is 2.29. The second kappa shape index (κ2) is 3.32. The number of nitrogen functional groups attached to an aromatic ring is 1. The third-order valence-electron chi connectivity index (χ3n) is 2.58. The molecular formula is C9H14N4O. The van der Waals surface area contributed by atoms with E-state index in [4.69, 9.17) is 5.73 Å². The minimum Gasteiger partial charge on any atom is -0.396 e. The molecule has 1 atom stereocenters. The van der Waals surface area contributed by atoms with Crippen LogP contribution in [-0.4, -0.2) is 22.1 Å². The van der Waals surface area contributed by atoms with E-state index < -0.39 is 0 Å².